The standard InChI is InChI=1S/C12H12O4S/c1-15-12(14)8-4-3-7-9(13)5-6-16-10(7)11(8)17-2/h3-4H,5-6H2,1-2H3. The SMILES string of the molecule is COC(=O)c1ccc2c(c1SC)OCCC2=O. The van der Waals surface area contributed by atoms with E-state index in [-0.39, 0.29) is 5.78 Å². The van der Waals surface area contributed by atoms with E-state index in [9.17, 15) is 9.59 Å². The van der Waals surface area contributed by atoms with Crippen LogP contribution in [0.25, 0.3) is 0 Å². The Morgan fingerprint density at radius 2 is 2.24 bits per heavy atom. The summed E-state index contributed by atoms with van der Waals surface area (Å²) in [5.41, 5.74) is 0.988. The predicted molar refractivity (Wildman–Crippen MR) is 64.0 cm³/mol. The van der Waals surface area contributed by atoms with Crippen LogP contribution < -0.4 is 4.74 Å². The maximum absolute atomic E-state index is 11.7. The van der Waals surface area contributed by atoms with Crippen molar-refractivity contribution < 1.29 is 19.1 Å². The van der Waals surface area contributed by atoms with Crippen LogP contribution in [0.2, 0.25) is 0 Å². The Hall–Kier alpha value is -1.49. The summed E-state index contributed by atoms with van der Waals surface area (Å²) in [4.78, 5) is 24.0. The normalized spacial score (nSPS) is 13.9. The largest absolute Gasteiger partial charge is 0.491 e. The van der Waals surface area contributed by atoms with Gasteiger partial charge in [-0.15, -0.1) is 11.8 Å². The van der Waals surface area contributed by atoms with Crippen molar-refractivity contribution in [3.05, 3.63) is 23.3 Å². The molecule has 1 aromatic carbocycles. The minimum absolute atomic E-state index is 0.0537. The van der Waals surface area contributed by atoms with Gasteiger partial charge in [0.15, 0.2) is 5.78 Å². The highest BCUT2D eigenvalue weighted by atomic mass is 32.2. The molecule has 0 spiro atoms. The highest BCUT2D eigenvalue weighted by molar-refractivity contribution is 7.98. The topological polar surface area (TPSA) is 52.6 Å². The van der Waals surface area contributed by atoms with Crippen molar-refractivity contribution in [2.45, 2.75) is 11.3 Å². The van der Waals surface area contributed by atoms with Crippen molar-refractivity contribution in [3.8, 4) is 5.75 Å². The summed E-state index contributed by atoms with van der Waals surface area (Å²) in [6, 6.07) is 3.24. The first-order valence-corrected chi connectivity index (χ1v) is 6.36. The summed E-state index contributed by atoms with van der Waals surface area (Å²) >= 11 is 1.38. The molecular formula is C12H12O4S. The van der Waals surface area contributed by atoms with Crippen molar-refractivity contribution in [1.82, 2.24) is 0 Å². The Bertz CT molecular complexity index is 482. The first kappa shape index (κ1) is 12.0. The van der Waals surface area contributed by atoms with Gasteiger partial charge in [0.2, 0.25) is 0 Å². The number of hydrogen-bond acceptors (Lipinski definition) is 5. The van der Waals surface area contributed by atoms with Crippen LogP contribution in [-0.2, 0) is 4.74 Å². The molecule has 0 bridgehead atoms. The molecule has 0 amide bonds. The molecule has 1 heterocycles. The Morgan fingerprint density at radius 3 is 2.88 bits per heavy atom. The fourth-order valence-electron chi connectivity index (χ4n) is 1.78. The Balaban J connectivity index is 2.59. The summed E-state index contributed by atoms with van der Waals surface area (Å²) in [7, 11) is 1.33. The van der Waals surface area contributed by atoms with E-state index in [2.05, 4.69) is 0 Å². The lowest BCUT2D eigenvalue weighted by atomic mass is 10.0. The third kappa shape index (κ3) is 2.02. The van der Waals surface area contributed by atoms with Crippen molar-refractivity contribution in [2.75, 3.05) is 20.0 Å². The van der Waals surface area contributed by atoms with E-state index < -0.39 is 5.97 Å². The molecule has 0 aromatic heterocycles. The van der Waals surface area contributed by atoms with Gasteiger partial charge in [0.1, 0.15) is 5.75 Å². The fourth-order valence-corrected chi connectivity index (χ4v) is 2.50. The van der Waals surface area contributed by atoms with Gasteiger partial charge >= 0.3 is 5.97 Å². The molecule has 0 atom stereocenters. The average molecular weight is 252 g/mol. The Labute approximate surface area is 103 Å². The number of benzene rings is 1. The quantitative estimate of drug-likeness (QED) is 0.596. The lowest BCUT2D eigenvalue weighted by Gasteiger charge is -2.20. The first-order valence-electron chi connectivity index (χ1n) is 5.14. The molecule has 0 radical (unpaired) electrons. The minimum Gasteiger partial charge on any atom is -0.491 e. The molecule has 0 saturated carbocycles. The molecule has 17 heavy (non-hydrogen) atoms. The van der Waals surface area contributed by atoms with E-state index in [0.29, 0.717) is 34.8 Å². The van der Waals surface area contributed by atoms with Crippen LogP contribution in [0.3, 0.4) is 0 Å². The molecule has 5 heteroatoms. The van der Waals surface area contributed by atoms with E-state index >= 15 is 0 Å². The molecule has 0 fully saturated rings. The predicted octanol–water partition coefficient (Wildman–Crippen LogP) is 2.16. The van der Waals surface area contributed by atoms with Crippen LogP contribution >= 0.6 is 11.8 Å². The molecule has 90 valence electrons. The Kier molecular flexibility index (Phi) is 3.38. The van der Waals surface area contributed by atoms with Crippen LogP contribution in [0.4, 0.5) is 0 Å². The number of carbonyl (C=O) groups is 2. The van der Waals surface area contributed by atoms with Gasteiger partial charge in [0.25, 0.3) is 0 Å². The maximum atomic E-state index is 11.7. The third-order valence-electron chi connectivity index (χ3n) is 2.60. The summed E-state index contributed by atoms with van der Waals surface area (Å²) in [5.74, 6) is 0.147. The van der Waals surface area contributed by atoms with Gasteiger partial charge in [0.05, 0.1) is 29.7 Å². The molecule has 2 rings (SSSR count). The number of hydrogen-bond donors (Lipinski definition) is 0. The lowest BCUT2D eigenvalue weighted by molar-refractivity contribution is 0.0594. The van der Waals surface area contributed by atoms with Gasteiger partial charge in [-0.25, -0.2) is 4.79 Å². The highest BCUT2D eigenvalue weighted by Crippen LogP contribution is 2.37. The lowest BCUT2D eigenvalue weighted by Crippen LogP contribution is -2.17. The van der Waals surface area contributed by atoms with E-state index in [1.807, 2.05) is 6.26 Å². The second-order valence-corrected chi connectivity index (χ2v) is 4.35. The molecule has 1 aromatic rings. The zero-order valence-corrected chi connectivity index (χ0v) is 10.4. The van der Waals surface area contributed by atoms with Gasteiger partial charge in [-0.1, -0.05) is 0 Å². The molecular weight excluding hydrogens is 240 g/mol. The Morgan fingerprint density at radius 1 is 1.47 bits per heavy atom. The molecule has 0 N–H and O–H groups in total. The van der Waals surface area contributed by atoms with Crippen LogP contribution in [0.5, 0.6) is 5.75 Å². The third-order valence-corrected chi connectivity index (χ3v) is 3.41. The van der Waals surface area contributed by atoms with E-state index in [0.717, 1.165) is 0 Å². The summed E-state index contributed by atoms with van der Waals surface area (Å²) in [5, 5.41) is 0. The summed E-state index contributed by atoms with van der Waals surface area (Å²) in [6.45, 7) is 0.365. The monoisotopic (exact) mass is 252 g/mol. The van der Waals surface area contributed by atoms with Gasteiger partial charge in [-0.3, -0.25) is 4.79 Å². The minimum atomic E-state index is -0.418. The number of rotatable bonds is 2. The van der Waals surface area contributed by atoms with Crippen molar-refractivity contribution in [1.29, 1.82) is 0 Å². The van der Waals surface area contributed by atoms with E-state index in [1.165, 1.54) is 18.9 Å². The van der Waals surface area contributed by atoms with E-state index in [1.54, 1.807) is 12.1 Å². The fraction of sp³-hybridized carbons (Fsp3) is 0.333. The number of fused-ring (bicyclic) bond motifs is 1. The maximum Gasteiger partial charge on any atom is 0.339 e. The van der Waals surface area contributed by atoms with E-state index in [4.69, 9.17) is 9.47 Å². The number of carbonyl (C=O) groups excluding carboxylic acids is 2. The van der Waals surface area contributed by atoms with Crippen LogP contribution in [0.1, 0.15) is 27.1 Å². The number of thioether (sulfide) groups is 1. The zero-order valence-electron chi connectivity index (χ0n) is 9.61. The number of methoxy groups -OCH3 is 1. The highest BCUT2D eigenvalue weighted by Gasteiger charge is 2.25. The van der Waals surface area contributed by atoms with Crippen molar-refractivity contribution >= 4 is 23.5 Å². The zero-order chi connectivity index (χ0) is 12.4. The molecule has 0 saturated heterocycles. The summed E-state index contributed by atoms with van der Waals surface area (Å²) in [6.07, 6.45) is 2.23. The molecule has 1 aliphatic rings. The number of Topliss-reactive ketones (excluding diaryl/α,β-unsaturated/α-hetero) is 1. The molecule has 4 nitrogen and oxygen atoms in total. The number of esters is 1. The van der Waals surface area contributed by atoms with Gasteiger partial charge in [0, 0.05) is 6.42 Å². The van der Waals surface area contributed by atoms with Gasteiger partial charge < -0.3 is 9.47 Å². The van der Waals surface area contributed by atoms with Gasteiger partial charge in [-0.2, -0.15) is 0 Å². The average Bonchev–Trinajstić information content (AvgIpc) is 2.37. The number of ether oxygens (including phenoxy) is 2. The first-order chi connectivity index (χ1) is 8.19. The second-order valence-electron chi connectivity index (χ2n) is 3.54. The molecule has 1 aliphatic heterocycles. The van der Waals surface area contributed by atoms with Crippen molar-refractivity contribution in [2.24, 2.45) is 0 Å². The second kappa shape index (κ2) is 4.79. The molecule has 0 aliphatic carbocycles. The van der Waals surface area contributed by atoms with Gasteiger partial charge in [-0.05, 0) is 18.4 Å². The summed E-state index contributed by atoms with van der Waals surface area (Å²) < 4.78 is 10.2. The van der Waals surface area contributed by atoms with Crippen LogP contribution in [0.15, 0.2) is 17.0 Å². The number of ketones is 1. The van der Waals surface area contributed by atoms with Crippen molar-refractivity contribution in [3.63, 3.8) is 0 Å². The van der Waals surface area contributed by atoms with Crippen LogP contribution in [0, 0.1) is 0 Å². The molecule has 0 unspecified atom stereocenters. The smallest absolute Gasteiger partial charge is 0.339 e. The van der Waals surface area contributed by atoms with Crippen LogP contribution in [-0.4, -0.2) is 31.7 Å².